The number of carbonyl (C=O) groups is 2. The minimum Gasteiger partial charge on any atom is -0.481 e. The zero-order valence-corrected chi connectivity index (χ0v) is 10.7. The Bertz CT molecular complexity index is 471. The molecule has 0 heterocycles. The number of carboxylic acids is 1. The highest BCUT2D eigenvalue weighted by Crippen LogP contribution is 2.16. The first-order valence-corrected chi connectivity index (χ1v) is 5.78. The molecular weight excluding hydrogens is 254 g/mol. The molecule has 0 radical (unpaired) electrons. The molecular formula is C13H14ClNO3. The summed E-state index contributed by atoms with van der Waals surface area (Å²) in [7, 11) is 1.56. The van der Waals surface area contributed by atoms with Gasteiger partial charge in [0, 0.05) is 24.7 Å². The first-order valence-electron chi connectivity index (χ1n) is 5.40. The summed E-state index contributed by atoms with van der Waals surface area (Å²) in [4.78, 5) is 23.4. The van der Waals surface area contributed by atoms with E-state index in [4.69, 9.17) is 16.7 Å². The number of aliphatic carboxylic acids is 1. The summed E-state index contributed by atoms with van der Waals surface area (Å²) in [6, 6.07) is 7.16. The second-order valence-electron chi connectivity index (χ2n) is 3.76. The molecule has 0 saturated carbocycles. The maximum atomic E-state index is 11.6. The van der Waals surface area contributed by atoms with Gasteiger partial charge in [0.15, 0.2) is 0 Å². The fourth-order valence-corrected chi connectivity index (χ4v) is 1.47. The summed E-state index contributed by atoms with van der Waals surface area (Å²) < 4.78 is 0. The summed E-state index contributed by atoms with van der Waals surface area (Å²) in [5, 5.41) is 9.08. The number of benzene rings is 1. The van der Waals surface area contributed by atoms with Crippen LogP contribution in [0.2, 0.25) is 5.02 Å². The Morgan fingerprint density at radius 1 is 1.39 bits per heavy atom. The fraction of sp³-hybridized carbons (Fsp3) is 0.231. The number of amides is 1. The van der Waals surface area contributed by atoms with Crippen LogP contribution in [0.5, 0.6) is 0 Å². The summed E-state index contributed by atoms with van der Waals surface area (Å²) in [6.45, 7) is 0.182. The lowest BCUT2D eigenvalue weighted by atomic mass is 10.2. The van der Waals surface area contributed by atoms with E-state index in [2.05, 4.69) is 0 Å². The van der Waals surface area contributed by atoms with E-state index in [0.29, 0.717) is 5.02 Å². The Morgan fingerprint density at radius 2 is 2.06 bits per heavy atom. The molecule has 0 saturated heterocycles. The van der Waals surface area contributed by atoms with Crippen molar-refractivity contribution in [2.24, 2.45) is 0 Å². The van der Waals surface area contributed by atoms with E-state index in [9.17, 15) is 9.59 Å². The lowest BCUT2D eigenvalue weighted by Crippen LogP contribution is -2.27. The second kappa shape index (κ2) is 6.81. The van der Waals surface area contributed by atoms with Crippen molar-refractivity contribution in [2.75, 3.05) is 13.6 Å². The van der Waals surface area contributed by atoms with E-state index in [1.54, 1.807) is 31.3 Å². The van der Waals surface area contributed by atoms with Crippen molar-refractivity contribution in [3.05, 3.63) is 40.9 Å². The van der Waals surface area contributed by atoms with Crippen LogP contribution in [0, 0.1) is 0 Å². The molecule has 0 aliphatic rings. The molecule has 18 heavy (non-hydrogen) atoms. The van der Waals surface area contributed by atoms with Gasteiger partial charge < -0.3 is 10.0 Å². The standard InChI is InChI=1S/C13H14ClNO3/c1-15(9-8-13(17)18)12(16)7-6-10-4-2-3-5-11(10)14/h2-7H,8-9H2,1H3,(H,17,18)/b7-6+. The number of carboxylic acid groups (broad SMARTS) is 1. The third-order valence-electron chi connectivity index (χ3n) is 2.35. The zero-order valence-electron chi connectivity index (χ0n) is 9.97. The Kier molecular flexibility index (Phi) is 5.39. The molecule has 0 unspecified atom stereocenters. The van der Waals surface area contributed by atoms with Gasteiger partial charge in [0.2, 0.25) is 5.91 Å². The van der Waals surface area contributed by atoms with Crippen LogP contribution in [0.25, 0.3) is 6.08 Å². The summed E-state index contributed by atoms with van der Waals surface area (Å²) >= 11 is 5.94. The summed E-state index contributed by atoms with van der Waals surface area (Å²) in [5.74, 6) is -1.18. The van der Waals surface area contributed by atoms with Crippen LogP contribution < -0.4 is 0 Å². The largest absolute Gasteiger partial charge is 0.481 e. The van der Waals surface area contributed by atoms with Crippen LogP contribution in [0.4, 0.5) is 0 Å². The van der Waals surface area contributed by atoms with Crippen LogP contribution in [0.1, 0.15) is 12.0 Å². The lowest BCUT2D eigenvalue weighted by molar-refractivity contribution is -0.137. The number of rotatable bonds is 5. The first-order chi connectivity index (χ1) is 8.50. The van der Waals surface area contributed by atoms with Gasteiger partial charge in [0.1, 0.15) is 0 Å². The van der Waals surface area contributed by atoms with Crippen LogP contribution in [0.3, 0.4) is 0 Å². The van der Waals surface area contributed by atoms with Crippen LogP contribution >= 0.6 is 11.6 Å². The molecule has 0 bridgehead atoms. The zero-order chi connectivity index (χ0) is 13.5. The topological polar surface area (TPSA) is 57.6 Å². The summed E-state index contributed by atoms with van der Waals surface area (Å²) in [6.07, 6.45) is 2.92. The Balaban J connectivity index is 2.59. The van der Waals surface area contributed by atoms with Crippen molar-refractivity contribution < 1.29 is 14.7 Å². The minimum absolute atomic E-state index is 0.0673. The molecule has 1 rings (SSSR count). The molecule has 0 aromatic heterocycles. The van der Waals surface area contributed by atoms with E-state index in [1.807, 2.05) is 6.07 Å². The van der Waals surface area contributed by atoms with Gasteiger partial charge in [-0.15, -0.1) is 0 Å². The van der Waals surface area contributed by atoms with Crippen LogP contribution in [-0.4, -0.2) is 35.5 Å². The molecule has 0 aliphatic carbocycles. The van der Waals surface area contributed by atoms with E-state index in [1.165, 1.54) is 11.0 Å². The molecule has 4 nitrogen and oxygen atoms in total. The molecule has 1 amide bonds. The fourth-order valence-electron chi connectivity index (χ4n) is 1.27. The number of hydrogen-bond donors (Lipinski definition) is 1. The van der Waals surface area contributed by atoms with Crippen molar-refractivity contribution in [1.82, 2.24) is 4.90 Å². The third kappa shape index (κ3) is 4.59. The van der Waals surface area contributed by atoms with Crippen molar-refractivity contribution in [1.29, 1.82) is 0 Å². The van der Waals surface area contributed by atoms with E-state index in [-0.39, 0.29) is 18.9 Å². The van der Waals surface area contributed by atoms with E-state index < -0.39 is 5.97 Å². The lowest BCUT2D eigenvalue weighted by Gasteiger charge is -2.13. The molecule has 96 valence electrons. The molecule has 1 N–H and O–H groups in total. The molecule has 0 aliphatic heterocycles. The Morgan fingerprint density at radius 3 is 2.67 bits per heavy atom. The highest BCUT2D eigenvalue weighted by atomic mass is 35.5. The van der Waals surface area contributed by atoms with Gasteiger partial charge in [-0.1, -0.05) is 29.8 Å². The number of likely N-dealkylation sites (N-methyl/N-ethyl adjacent to an activating group) is 1. The van der Waals surface area contributed by atoms with Gasteiger partial charge in [0.25, 0.3) is 0 Å². The van der Waals surface area contributed by atoms with Crippen LogP contribution in [0.15, 0.2) is 30.3 Å². The smallest absolute Gasteiger partial charge is 0.305 e. The molecule has 1 aromatic rings. The SMILES string of the molecule is CN(CCC(=O)O)C(=O)/C=C/c1ccccc1Cl. The number of halogens is 1. The molecule has 0 fully saturated rings. The van der Waals surface area contributed by atoms with Gasteiger partial charge in [-0.05, 0) is 17.7 Å². The highest BCUT2D eigenvalue weighted by Gasteiger charge is 2.07. The second-order valence-corrected chi connectivity index (χ2v) is 4.17. The number of nitrogens with zero attached hydrogens (tertiary/aromatic N) is 1. The van der Waals surface area contributed by atoms with E-state index in [0.717, 1.165) is 5.56 Å². The third-order valence-corrected chi connectivity index (χ3v) is 2.69. The maximum Gasteiger partial charge on any atom is 0.305 e. The predicted molar refractivity (Wildman–Crippen MR) is 70.4 cm³/mol. The monoisotopic (exact) mass is 267 g/mol. The number of carbonyl (C=O) groups excluding carboxylic acids is 1. The van der Waals surface area contributed by atoms with Gasteiger partial charge >= 0.3 is 5.97 Å². The van der Waals surface area contributed by atoms with Crippen molar-refractivity contribution >= 4 is 29.6 Å². The normalized spacial score (nSPS) is 10.6. The predicted octanol–water partition coefficient (Wildman–Crippen LogP) is 2.29. The van der Waals surface area contributed by atoms with Gasteiger partial charge in [-0.3, -0.25) is 9.59 Å². The quantitative estimate of drug-likeness (QED) is 0.833. The average Bonchev–Trinajstić information content (AvgIpc) is 2.34. The van der Waals surface area contributed by atoms with Gasteiger partial charge in [-0.25, -0.2) is 0 Å². The Hall–Kier alpha value is -1.81. The molecule has 1 aromatic carbocycles. The van der Waals surface area contributed by atoms with Crippen LogP contribution in [-0.2, 0) is 9.59 Å². The molecule has 0 atom stereocenters. The highest BCUT2D eigenvalue weighted by molar-refractivity contribution is 6.32. The van der Waals surface area contributed by atoms with Crippen molar-refractivity contribution in [3.8, 4) is 0 Å². The summed E-state index contributed by atoms with van der Waals surface area (Å²) in [5.41, 5.74) is 0.749. The van der Waals surface area contributed by atoms with Crippen molar-refractivity contribution in [3.63, 3.8) is 0 Å². The Labute approximate surface area is 110 Å². The van der Waals surface area contributed by atoms with Gasteiger partial charge in [-0.2, -0.15) is 0 Å². The van der Waals surface area contributed by atoms with E-state index >= 15 is 0 Å². The van der Waals surface area contributed by atoms with Crippen molar-refractivity contribution in [2.45, 2.75) is 6.42 Å². The first kappa shape index (κ1) is 14.3. The number of hydrogen-bond acceptors (Lipinski definition) is 2. The average molecular weight is 268 g/mol. The minimum atomic E-state index is -0.926. The van der Waals surface area contributed by atoms with Gasteiger partial charge in [0.05, 0.1) is 6.42 Å². The molecule has 0 spiro atoms. The molecule has 5 heteroatoms. The maximum absolute atomic E-state index is 11.6.